The fraction of sp³-hybridized carbons (Fsp3) is 0.333. The summed E-state index contributed by atoms with van der Waals surface area (Å²) >= 11 is 5.77. The van der Waals surface area contributed by atoms with Gasteiger partial charge in [-0.15, -0.1) is 0 Å². The van der Waals surface area contributed by atoms with E-state index in [4.69, 9.17) is 16.7 Å². The molecule has 1 rings (SSSR count). The molecule has 1 N–H and O–H groups in total. The number of halogens is 2. The molecule has 1 atom stereocenters. The molecule has 0 amide bonds. The number of hydrogen-bond acceptors (Lipinski definition) is 1. The van der Waals surface area contributed by atoms with Crippen LogP contribution >= 0.6 is 11.6 Å². The zero-order valence-electron chi connectivity index (χ0n) is 6.72. The Bertz CT molecular complexity index is 275. The van der Waals surface area contributed by atoms with Gasteiger partial charge in [-0.1, -0.05) is 23.7 Å². The summed E-state index contributed by atoms with van der Waals surface area (Å²) < 4.78 is 12.9. The molecule has 0 aromatic heterocycles. The Morgan fingerprint density at radius 1 is 1.58 bits per heavy atom. The van der Waals surface area contributed by atoms with E-state index in [1.54, 1.807) is 12.1 Å². The second-order valence-corrected chi connectivity index (χ2v) is 3.07. The minimum absolute atomic E-state index is 0.424. The van der Waals surface area contributed by atoms with Gasteiger partial charge in [-0.2, -0.15) is 0 Å². The molecule has 0 aliphatic carbocycles. The van der Waals surface area contributed by atoms with E-state index in [0.29, 0.717) is 10.6 Å². The molecule has 0 aliphatic rings. The van der Waals surface area contributed by atoms with Crippen LogP contribution in [0.25, 0.3) is 0 Å². The molecular weight excluding hydrogens is 179 g/mol. The monoisotopic (exact) mass is 188 g/mol. The molecule has 12 heavy (non-hydrogen) atoms. The van der Waals surface area contributed by atoms with Gasteiger partial charge in [0.15, 0.2) is 0 Å². The Balaban J connectivity index is 2.96. The van der Waals surface area contributed by atoms with Crippen LogP contribution in [0, 0.1) is 6.92 Å². The van der Waals surface area contributed by atoms with Gasteiger partial charge in [0.05, 0.1) is 6.61 Å². The van der Waals surface area contributed by atoms with Crippen LogP contribution in [0.3, 0.4) is 0 Å². The Morgan fingerprint density at radius 2 is 2.25 bits per heavy atom. The number of aliphatic hydroxyl groups is 1. The van der Waals surface area contributed by atoms with Crippen molar-refractivity contribution in [1.82, 2.24) is 0 Å². The number of aryl methyl sites for hydroxylation is 1. The summed E-state index contributed by atoms with van der Waals surface area (Å²) in [6, 6.07) is 4.90. The van der Waals surface area contributed by atoms with Crippen LogP contribution in [-0.4, -0.2) is 11.7 Å². The third kappa shape index (κ3) is 1.96. The minimum Gasteiger partial charge on any atom is -0.393 e. The zero-order chi connectivity index (χ0) is 9.14. The minimum atomic E-state index is -1.33. The van der Waals surface area contributed by atoms with Gasteiger partial charge in [-0.3, -0.25) is 0 Å². The number of benzene rings is 1. The van der Waals surface area contributed by atoms with E-state index in [-0.39, 0.29) is 0 Å². The van der Waals surface area contributed by atoms with Crippen molar-refractivity contribution in [3.63, 3.8) is 0 Å². The van der Waals surface area contributed by atoms with Crippen LogP contribution in [0.4, 0.5) is 4.39 Å². The summed E-state index contributed by atoms with van der Waals surface area (Å²) in [7, 11) is 0. The Labute approximate surface area is 75.8 Å². The topological polar surface area (TPSA) is 20.2 Å². The summed E-state index contributed by atoms with van der Waals surface area (Å²) in [5.41, 5.74) is 1.33. The molecule has 0 spiro atoms. The van der Waals surface area contributed by atoms with E-state index in [9.17, 15) is 4.39 Å². The molecule has 0 heterocycles. The smallest absolute Gasteiger partial charge is 0.148 e. The highest BCUT2D eigenvalue weighted by Gasteiger charge is 2.08. The first kappa shape index (κ1) is 9.49. The van der Waals surface area contributed by atoms with Crippen LogP contribution in [0.2, 0.25) is 5.02 Å². The van der Waals surface area contributed by atoms with Gasteiger partial charge in [0, 0.05) is 5.02 Å². The van der Waals surface area contributed by atoms with E-state index in [1.165, 1.54) is 6.07 Å². The standard InChI is InChI=1S/C9H10ClFO/c1-6-2-3-7(4-8(6)10)9(11)5-12/h2-4,9,12H,5H2,1H3. The summed E-state index contributed by atoms with van der Waals surface area (Å²) in [5.74, 6) is 0. The average molecular weight is 189 g/mol. The molecule has 0 radical (unpaired) electrons. The SMILES string of the molecule is Cc1ccc(C(F)CO)cc1Cl. The van der Waals surface area contributed by atoms with Gasteiger partial charge in [0.25, 0.3) is 0 Å². The van der Waals surface area contributed by atoms with E-state index < -0.39 is 12.8 Å². The summed E-state index contributed by atoms with van der Waals surface area (Å²) in [6.07, 6.45) is -1.33. The van der Waals surface area contributed by atoms with Gasteiger partial charge in [0.2, 0.25) is 0 Å². The Morgan fingerprint density at radius 3 is 2.75 bits per heavy atom. The second-order valence-electron chi connectivity index (χ2n) is 2.66. The van der Waals surface area contributed by atoms with E-state index in [0.717, 1.165) is 5.56 Å². The first-order valence-corrected chi connectivity index (χ1v) is 4.04. The molecule has 1 aromatic rings. The quantitative estimate of drug-likeness (QED) is 0.757. The highest BCUT2D eigenvalue weighted by atomic mass is 35.5. The van der Waals surface area contributed by atoms with Crippen molar-refractivity contribution < 1.29 is 9.50 Å². The lowest BCUT2D eigenvalue weighted by Gasteiger charge is -2.06. The average Bonchev–Trinajstić information content (AvgIpc) is 2.08. The molecule has 1 nitrogen and oxygen atoms in total. The first-order valence-electron chi connectivity index (χ1n) is 3.66. The highest BCUT2D eigenvalue weighted by Crippen LogP contribution is 2.22. The van der Waals surface area contributed by atoms with Crippen molar-refractivity contribution in [3.8, 4) is 0 Å². The van der Waals surface area contributed by atoms with Gasteiger partial charge in [-0.25, -0.2) is 4.39 Å². The fourth-order valence-electron chi connectivity index (χ4n) is 0.909. The van der Waals surface area contributed by atoms with Crippen molar-refractivity contribution in [1.29, 1.82) is 0 Å². The maximum atomic E-state index is 12.9. The van der Waals surface area contributed by atoms with Gasteiger partial charge < -0.3 is 5.11 Å². The molecule has 0 aliphatic heterocycles. The number of alkyl halides is 1. The third-order valence-electron chi connectivity index (χ3n) is 1.72. The van der Waals surface area contributed by atoms with Gasteiger partial charge in [-0.05, 0) is 24.1 Å². The van der Waals surface area contributed by atoms with E-state index in [1.807, 2.05) is 6.92 Å². The molecular formula is C9H10ClFO. The molecule has 0 bridgehead atoms. The molecule has 66 valence electrons. The Kier molecular flexibility index (Phi) is 3.06. The first-order chi connectivity index (χ1) is 5.65. The predicted octanol–water partition coefficient (Wildman–Crippen LogP) is 2.65. The molecule has 3 heteroatoms. The van der Waals surface area contributed by atoms with Crippen molar-refractivity contribution >= 4 is 11.6 Å². The summed E-state index contributed by atoms with van der Waals surface area (Å²) in [6.45, 7) is 1.34. The van der Waals surface area contributed by atoms with Crippen molar-refractivity contribution in [2.75, 3.05) is 6.61 Å². The van der Waals surface area contributed by atoms with Crippen LogP contribution in [0.1, 0.15) is 17.3 Å². The summed E-state index contributed by atoms with van der Waals surface area (Å²) in [4.78, 5) is 0. The maximum Gasteiger partial charge on any atom is 0.148 e. The number of aliphatic hydroxyl groups excluding tert-OH is 1. The summed E-state index contributed by atoms with van der Waals surface area (Å²) in [5, 5.41) is 9.06. The zero-order valence-corrected chi connectivity index (χ0v) is 7.48. The normalized spacial score (nSPS) is 13.0. The molecule has 0 saturated heterocycles. The number of rotatable bonds is 2. The molecule has 1 aromatic carbocycles. The van der Waals surface area contributed by atoms with Gasteiger partial charge >= 0.3 is 0 Å². The third-order valence-corrected chi connectivity index (χ3v) is 2.13. The van der Waals surface area contributed by atoms with Crippen LogP contribution < -0.4 is 0 Å². The Hall–Kier alpha value is -0.600. The molecule has 0 fully saturated rings. The molecule has 0 saturated carbocycles. The molecule has 1 unspecified atom stereocenters. The van der Waals surface area contributed by atoms with Crippen molar-refractivity contribution in [2.24, 2.45) is 0 Å². The lowest BCUT2D eigenvalue weighted by atomic mass is 10.1. The maximum absolute atomic E-state index is 12.9. The number of hydrogen-bond donors (Lipinski definition) is 1. The van der Waals surface area contributed by atoms with E-state index in [2.05, 4.69) is 0 Å². The van der Waals surface area contributed by atoms with Gasteiger partial charge in [0.1, 0.15) is 6.17 Å². The van der Waals surface area contributed by atoms with Crippen molar-refractivity contribution in [3.05, 3.63) is 34.3 Å². The predicted molar refractivity (Wildman–Crippen MR) is 47.1 cm³/mol. The lowest BCUT2D eigenvalue weighted by molar-refractivity contribution is 0.180. The van der Waals surface area contributed by atoms with E-state index >= 15 is 0 Å². The lowest BCUT2D eigenvalue weighted by Crippen LogP contribution is -1.96. The van der Waals surface area contributed by atoms with Crippen LogP contribution in [-0.2, 0) is 0 Å². The van der Waals surface area contributed by atoms with Crippen molar-refractivity contribution in [2.45, 2.75) is 13.1 Å². The second kappa shape index (κ2) is 3.87. The van der Waals surface area contributed by atoms with Crippen LogP contribution in [0.15, 0.2) is 18.2 Å². The highest BCUT2D eigenvalue weighted by molar-refractivity contribution is 6.31. The largest absolute Gasteiger partial charge is 0.393 e. The van der Waals surface area contributed by atoms with Crippen LogP contribution in [0.5, 0.6) is 0 Å². The fourth-order valence-corrected chi connectivity index (χ4v) is 1.10.